The van der Waals surface area contributed by atoms with Gasteiger partial charge in [-0.15, -0.1) is 0 Å². The fourth-order valence-corrected chi connectivity index (χ4v) is 4.03. The number of guanidine groups is 1. The van der Waals surface area contributed by atoms with E-state index in [0.717, 1.165) is 16.5 Å². The van der Waals surface area contributed by atoms with Crippen molar-refractivity contribution < 1.29 is 24.3 Å². The summed E-state index contributed by atoms with van der Waals surface area (Å²) in [5.74, 6) is -2.98. The van der Waals surface area contributed by atoms with Gasteiger partial charge < -0.3 is 43.2 Å². The van der Waals surface area contributed by atoms with Crippen molar-refractivity contribution in [1.29, 1.82) is 0 Å². The number of hydrogen-bond donors (Lipinski definition) is 8. The van der Waals surface area contributed by atoms with Gasteiger partial charge >= 0.3 is 5.97 Å². The summed E-state index contributed by atoms with van der Waals surface area (Å²) in [7, 11) is 0. The van der Waals surface area contributed by atoms with E-state index in [1.807, 2.05) is 38.1 Å². The van der Waals surface area contributed by atoms with Crippen LogP contribution in [0.15, 0.2) is 35.5 Å². The van der Waals surface area contributed by atoms with Crippen LogP contribution in [0.25, 0.3) is 10.9 Å². The van der Waals surface area contributed by atoms with Crippen molar-refractivity contribution in [2.45, 2.75) is 70.6 Å². The van der Waals surface area contributed by atoms with E-state index in [1.54, 1.807) is 6.20 Å². The van der Waals surface area contributed by atoms with Gasteiger partial charge in [0.25, 0.3) is 0 Å². The van der Waals surface area contributed by atoms with Crippen LogP contribution >= 0.6 is 0 Å². The van der Waals surface area contributed by atoms with Crippen molar-refractivity contribution in [1.82, 2.24) is 20.9 Å². The quantitative estimate of drug-likeness (QED) is 0.0840. The number of aromatic nitrogens is 1. The first kappa shape index (κ1) is 31.1. The molecule has 214 valence electrons. The molecule has 1 heterocycles. The second-order valence-corrected chi connectivity index (χ2v) is 9.94. The lowest BCUT2D eigenvalue weighted by Gasteiger charge is -2.24. The Labute approximate surface area is 227 Å². The highest BCUT2D eigenvalue weighted by molar-refractivity contribution is 5.94. The van der Waals surface area contributed by atoms with Gasteiger partial charge in [-0.05, 0) is 43.7 Å². The number of rotatable bonds is 15. The fraction of sp³-hybridized carbons (Fsp3) is 0.500. The minimum Gasteiger partial charge on any atom is -0.480 e. The summed E-state index contributed by atoms with van der Waals surface area (Å²) in [5, 5.41) is 18.1. The number of nitrogens with zero attached hydrogens (tertiary/aromatic N) is 1. The number of fused-ring (bicyclic) bond motifs is 1. The van der Waals surface area contributed by atoms with Gasteiger partial charge in [-0.2, -0.15) is 0 Å². The van der Waals surface area contributed by atoms with Gasteiger partial charge in [-0.1, -0.05) is 32.0 Å². The SMILES string of the molecule is CC(C)CC(NC(=O)C(C)NC(=O)C(Cc1c[nH]c2ccccc12)NC(=O)C(N)CCCN=C(N)N)C(=O)O. The van der Waals surface area contributed by atoms with E-state index in [4.69, 9.17) is 17.2 Å². The number of nitrogens with two attached hydrogens (primary N) is 3. The van der Waals surface area contributed by atoms with Crippen LogP contribution in [-0.2, 0) is 25.6 Å². The van der Waals surface area contributed by atoms with E-state index in [9.17, 15) is 24.3 Å². The number of aliphatic imine (C=N–C) groups is 1. The van der Waals surface area contributed by atoms with Crippen LogP contribution in [0.5, 0.6) is 0 Å². The molecular formula is C26H40N8O5. The molecule has 0 aliphatic heterocycles. The molecule has 0 fully saturated rings. The maximum atomic E-state index is 13.3. The third-order valence-electron chi connectivity index (χ3n) is 6.11. The van der Waals surface area contributed by atoms with Gasteiger partial charge in [0.15, 0.2) is 5.96 Å². The summed E-state index contributed by atoms with van der Waals surface area (Å²) >= 11 is 0. The highest BCUT2D eigenvalue weighted by Crippen LogP contribution is 2.19. The first-order valence-corrected chi connectivity index (χ1v) is 12.9. The number of benzene rings is 1. The van der Waals surface area contributed by atoms with E-state index < -0.39 is 47.9 Å². The van der Waals surface area contributed by atoms with E-state index in [1.165, 1.54) is 6.92 Å². The minimum atomic E-state index is -1.16. The van der Waals surface area contributed by atoms with E-state index in [0.29, 0.717) is 13.0 Å². The molecule has 13 nitrogen and oxygen atoms in total. The molecule has 0 saturated heterocycles. The van der Waals surface area contributed by atoms with Crippen molar-refractivity contribution in [3.63, 3.8) is 0 Å². The number of hydrogen-bond acceptors (Lipinski definition) is 6. The molecule has 11 N–H and O–H groups in total. The van der Waals surface area contributed by atoms with Gasteiger partial charge in [0.05, 0.1) is 6.04 Å². The molecule has 0 spiro atoms. The van der Waals surface area contributed by atoms with Crippen molar-refractivity contribution in [3.05, 3.63) is 36.0 Å². The molecule has 39 heavy (non-hydrogen) atoms. The van der Waals surface area contributed by atoms with Crippen molar-refractivity contribution in [3.8, 4) is 0 Å². The standard InChI is InChI=1S/C26H40N8O5/c1-14(2)11-21(25(38)39)34-22(35)15(3)32-24(37)20(12-16-13-31-19-9-5-4-7-17(16)19)33-23(36)18(27)8-6-10-30-26(28)29/h4-5,7,9,13-15,18,20-21,31H,6,8,10-12,27H2,1-3H3,(H,32,37)(H,33,36)(H,34,35)(H,38,39)(H4,28,29,30). The lowest BCUT2D eigenvalue weighted by Crippen LogP contribution is -2.57. The number of carboxylic acid groups (broad SMARTS) is 1. The second-order valence-electron chi connectivity index (χ2n) is 9.94. The Morgan fingerprint density at radius 2 is 1.64 bits per heavy atom. The largest absolute Gasteiger partial charge is 0.480 e. The summed E-state index contributed by atoms with van der Waals surface area (Å²) in [4.78, 5) is 57.4. The Morgan fingerprint density at radius 3 is 2.28 bits per heavy atom. The molecule has 1 aromatic carbocycles. The van der Waals surface area contributed by atoms with Gasteiger partial charge in [0.2, 0.25) is 17.7 Å². The summed E-state index contributed by atoms with van der Waals surface area (Å²) in [6, 6.07) is 3.41. The van der Waals surface area contributed by atoms with Crippen LogP contribution < -0.4 is 33.2 Å². The first-order valence-electron chi connectivity index (χ1n) is 12.9. The molecular weight excluding hydrogens is 504 g/mol. The zero-order chi connectivity index (χ0) is 29.1. The predicted octanol–water partition coefficient (Wildman–Crippen LogP) is -0.304. The van der Waals surface area contributed by atoms with Crippen molar-refractivity contribution in [2.24, 2.45) is 28.1 Å². The van der Waals surface area contributed by atoms with Crippen LogP contribution in [-0.4, -0.2) is 70.5 Å². The predicted molar refractivity (Wildman–Crippen MR) is 148 cm³/mol. The third-order valence-corrected chi connectivity index (χ3v) is 6.11. The van der Waals surface area contributed by atoms with Crippen LogP contribution in [0.1, 0.15) is 45.6 Å². The summed E-state index contributed by atoms with van der Waals surface area (Å²) in [5.41, 5.74) is 18.3. The maximum absolute atomic E-state index is 13.3. The third kappa shape index (κ3) is 9.93. The number of carbonyl (C=O) groups excluding carboxylic acids is 3. The second kappa shape index (κ2) is 14.7. The maximum Gasteiger partial charge on any atom is 0.326 e. The van der Waals surface area contributed by atoms with Gasteiger partial charge in [0, 0.05) is 30.1 Å². The zero-order valence-electron chi connectivity index (χ0n) is 22.6. The highest BCUT2D eigenvalue weighted by atomic mass is 16.4. The number of amides is 3. The minimum absolute atomic E-state index is 0.0377. The molecule has 0 bridgehead atoms. The van der Waals surface area contributed by atoms with Gasteiger partial charge in [-0.25, -0.2) is 4.79 Å². The molecule has 2 aromatic rings. The number of carbonyl (C=O) groups is 4. The first-order chi connectivity index (χ1) is 18.4. The molecule has 0 aliphatic rings. The van der Waals surface area contributed by atoms with Crippen molar-refractivity contribution >= 4 is 40.6 Å². The van der Waals surface area contributed by atoms with E-state index in [-0.39, 0.29) is 31.1 Å². The summed E-state index contributed by atoms with van der Waals surface area (Å²) in [6.07, 6.45) is 2.87. The van der Waals surface area contributed by atoms with Crippen LogP contribution in [0.4, 0.5) is 0 Å². The normalized spacial score (nSPS) is 14.2. The monoisotopic (exact) mass is 544 g/mol. The average molecular weight is 545 g/mol. The highest BCUT2D eigenvalue weighted by Gasteiger charge is 2.29. The molecule has 0 radical (unpaired) electrons. The molecule has 4 unspecified atom stereocenters. The van der Waals surface area contributed by atoms with Gasteiger partial charge in [-0.3, -0.25) is 19.4 Å². The number of carboxylic acids is 1. The zero-order valence-corrected chi connectivity index (χ0v) is 22.6. The smallest absolute Gasteiger partial charge is 0.326 e. The number of aliphatic carboxylic acids is 1. The number of H-pyrrole nitrogens is 1. The molecule has 0 saturated carbocycles. The summed E-state index contributed by atoms with van der Waals surface area (Å²) < 4.78 is 0. The van der Waals surface area contributed by atoms with E-state index in [2.05, 4.69) is 25.9 Å². The molecule has 2 rings (SSSR count). The average Bonchev–Trinajstić information content (AvgIpc) is 3.27. The molecule has 3 amide bonds. The molecule has 1 aromatic heterocycles. The Morgan fingerprint density at radius 1 is 0.974 bits per heavy atom. The topological polar surface area (TPSA) is 231 Å². The molecule has 0 aliphatic carbocycles. The van der Waals surface area contributed by atoms with Crippen molar-refractivity contribution in [2.75, 3.05) is 6.54 Å². The lowest BCUT2D eigenvalue weighted by atomic mass is 10.0. The van der Waals surface area contributed by atoms with Crippen LogP contribution in [0, 0.1) is 5.92 Å². The molecule has 4 atom stereocenters. The Hall–Kier alpha value is -4.13. The number of aromatic amines is 1. The molecule has 13 heteroatoms. The van der Waals surface area contributed by atoms with Crippen LogP contribution in [0.2, 0.25) is 0 Å². The fourth-order valence-electron chi connectivity index (χ4n) is 4.03. The Kier molecular flexibility index (Phi) is 11.7. The Bertz CT molecular complexity index is 1170. The van der Waals surface area contributed by atoms with Gasteiger partial charge in [0.1, 0.15) is 18.1 Å². The number of nitrogens with one attached hydrogen (secondary N) is 4. The number of para-hydroxylation sites is 1. The Balaban J connectivity index is 2.14. The van der Waals surface area contributed by atoms with E-state index >= 15 is 0 Å². The summed E-state index contributed by atoms with van der Waals surface area (Å²) in [6.45, 7) is 5.44. The van der Waals surface area contributed by atoms with Crippen LogP contribution in [0.3, 0.4) is 0 Å². The lowest BCUT2D eigenvalue weighted by molar-refractivity contribution is -0.142.